The van der Waals surface area contributed by atoms with Crippen LogP contribution < -0.4 is 4.74 Å². The molecule has 8 heteroatoms. The van der Waals surface area contributed by atoms with Gasteiger partial charge in [0, 0.05) is 18.2 Å². The Labute approximate surface area is 193 Å². The van der Waals surface area contributed by atoms with Crippen LogP contribution in [0.5, 0.6) is 5.75 Å². The van der Waals surface area contributed by atoms with Crippen LogP contribution in [-0.2, 0) is 11.3 Å². The molecule has 1 aliphatic rings. The molecule has 0 aliphatic heterocycles. The van der Waals surface area contributed by atoms with E-state index in [0.717, 1.165) is 42.3 Å². The van der Waals surface area contributed by atoms with Gasteiger partial charge in [-0.3, -0.25) is 9.36 Å². The van der Waals surface area contributed by atoms with Crippen LogP contribution in [0.4, 0.5) is 0 Å². The molecular formula is C24H30N4O3S. The summed E-state index contributed by atoms with van der Waals surface area (Å²) in [5, 5.41) is 9.57. The van der Waals surface area contributed by atoms with Crippen LogP contribution in [0.3, 0.4) is 0 Å². The third-order valence-electron chi connectivity index (χ3n) is 5.96. The predicted octanol–water partition coefficient (Wildman–Crippen LogP) is 4.87. The van der Waals surface area contributed by atoms with Crippen LogP contribution in [0.25, 0.3) is 11.4 Å². The Morgan fingerprint density at radius 3 is 2.62 bits per heavy atom. The van der Waals surface area contributed by atoms with E-state index in [1.165, 1.54) is 31.0 Å². The minimum absolute atomic E-state index is 0.169. The highest BCUT2D eigenvalue weighted by Gasteiger charge is 2.25. The molecule has 0 atom stereocenters. The predicted molar refractivity (Wildman–Crippen MR) is 125 cm³/mol. The van der Waals surface area contributed by atoms with Gasteiger partial charge >= 0.3 is 0 Å². The summed E-state index contributed by atoms with van der Waals surface area (Å²) in [4.78, 5) is 15.1. The number of nitrogens with zero attached hydrogens (tertiary/aromatic N) is 4. The van der Waals surface area contributed by atoms with E-state index >= 15 is 0 Å². The maximum atomic E-state index is 13.0. The third-order valence-corrected chi connectivity index (χ3v) is 6.91. The SMILES string of the molecule is CCN(C(=O)CSc1nnc(-c2ccc(OC)cc2)n1Cc1ccco1)C1CCCCC1. The van der Waals surface area contributed by atoms with Crippen molar-refractivity contribution in [3.05, 3.63) is 48.4 Å². The molecule has 2 aromatic heterocycles. The molecule has 1 amide bonds. The van der Waals surface area contributed by atoms with Crippen LogP contribution in [-0.4, -0.2) is 51.0 Å². The minimum atomic E-state index is 0.169. The summed E-state index contributed by atoms with van der Waals surface area (Å²) in [6.45, 7) is 3.32. The molecule has 3 aromatic rings. The van der Waals surface area contributed by atoms with E-state index in [9.17, 15) is 4.79 Å². The number of methoxy groups -OCH3 is 1. The van der Waals surface area contributed by atoms with Crippen molar-refractivity contribution in [3.63, 3.8) is 0 Å². The van der Waals surface area contributed by atoms with Crippen molar-refractivity contribution in [2.24, 2.45) is 0 Å². The van der Waals surface area contributed by atoms with E-state index in [4.69, 9.17) is 9.15 Å². The molecule has 0 spiro atoms. The van der Waals surface area contributed by atoms with Crippen LogP contribution in [0.2, 0.25) is 0 Å². The molecule has 4 rings (SSSR count). The Bertz CT molecular complexity index is 995. The first kappa shape index (κ1) is 22.5. The lowest BCUT2D eigenvalue weighted by atomic mass is 9.94. The number of carbonyl (C=O) groups excluding carboxylic acids is 1. The Balaban J connectivity index is 1.53. The standard InChI is InChI=1S/C24H30N4O3S/c1-3-27(19-8-5-4-6-9-19)22(29)17-32-24-26-25-23(18-11-13-20(30-2)14-12-18)28(24)16-21-10-7-15-31-21/h7,10-15,19H,3-6,8-9,16-17H2,1-2H3. The Morgan fingerprint density at radius 1 is 1.19 bits per heavy atom. The average Bonchev–Trinajstić information content (AvgIpc) is 3.49. The third kappa shape index (κ3) is 5.18. The molecule has 2 heterocycles. The van der Waals surface area contributed by atoms with E-state index in [0.29, 0.717) is 23.5 Å². The number of furan rings is 1. The molecule has 170 valence electrons. The fourth-order valence-corrected chi connectivity index (χ4v) is 5.11. The molecule has 1 saturated carbocycles. The first-order valence-electron chi connectivity index (χ1n) is 11.2. The van der Waals surface area contributed by atoms with E-state index in [-0.39, 0.29) is 5.91 Å². The van der Waals surface area contributed by atoms with Crippen molar-refractivity contribution in [1.82, 2.24) is 19.7 Å². The fourth-order valence-electron chi connectivity index (χ4n) is 4.29. The van der Waals surface area contributed by atoms with Crippen LogP contribution >= 0.6 is 11.8 Å². The van der Waals surface area contributed by atoms with Crippen LogP contribution in [0.15, 0.2) is 52.2 Å². The molecule has 1 aromatic carbocycles. The maximum absolute atomic E-state index is 13.0. The lowest BCUT2D eigenvalue weighted by molar-refractivity contribution is -0.131. The van der Waals surface area contributed by atoms with Gasteiger partial charge in [0.2, 0.25) is 5.91 Å². The summed E-state index contributed by atoms with van der Waals surface area (Å²) >= 11 is 1.44. The zero-order chi connectivity index (χ0) is 22.3. The molecule has 0 N–H and O–H groups in total. The van der Waals surface area contributed by atoms with Gasteiger partial charge in [-0.05, 0) is 56.2 Å². The lowest BCUT2D eigenvalue weighted by Gasteiger charge is -2.33. The number of ether oxygens (including phenoxy) is 1. The second kappa shape index (κ2) is 10.7. The summed E-state index contributed by atoms with van der Waals surface area (Å²) in [7, 11) is 1.65. The Morgan fingerprint density at radius 2 is 1.97 bits per heavy atom. The highest BCUT2D eigenvalue weighted by molar-refractivity contribution is 7.99. The van der Waals surface area contributed by atoms with Gasteiger partial charge in [-0.15, -0.1) is 10.2 Å². The molecule has 1 fully saturated rings. The summed E-state index contributed by atoms with van der Waals surface area (Å²) in [5.41, 5.74) is 0.931. The fraction of sp³-hybridized carbons (Fsp3) is 0.458. The smallest absolute Gasteiger partial charge is 0.233 e. The molecule has 0 unspecified atom stereocenters. The van der Waals surface area contributed by atoms with Gasteiger partial charge in [0.05, 0.1) is 25.7 Å². The first-order chi connectivity index (χ1) is 15.7. The molecule has 7 nitrogen and oxygen atoms in total. The summed E-state index contributed by atoms with van der Waals surface area (Å²) in [6.07, 6.45) is 7.59. The monoisotopic (exact) mass is 454 g/mol. The van der Waals surface area contributed by atoms with Crippen LogP contribution in [0.1, 0.15) is 44.8 Å². The molecule has 0 bridgehead atoms. The van der Waals surface area contributed by atoms with Gasteiger partial charge in [-0.25, -0.2) is 0 Å². The van der Waals surface area contributed by atoms with Gasteiger partial charge < -0.3 is 14.1 Å². The normalized spacial score (nSPS) is 14.4. The van der Waals surface area contributed by atoms with Gasteiger partial charge in [-0.2, -0.15) is 0 Å². The second-order valence-electron chi connectivity index (χ2n) is 7.96. The average molecular weight is 455 g/mol. The number of carbonyl (C=O) groups is 1. The van der Waals surface area contributed by atoms with E-state index < -0.39 is 0 Å². The van der Waals surface area contributed by atoms with E-state index in [2.05, 4.69) is 17.1 Å². The number of benzene rings is 1. The second-order valence-corrected chi connectivity index (χ2v) is 8.90. The minimum Gasteiger partial charge on any atom is -0.497 e. The Hall–Kier alpha value is -2.74. The number of rotatable bonds is 9. The van der Waals surface area contributed by atoms with Gasteiger partial charge in [0.15, 0.2) is 11.0 Å². The summed E-state index contributed by atoms with van der Waals surface area (Å²) in [5.74, 6) is 2.85. The highest BCUT2D eigenvalue weighted by atomic mass is 32.2. The lowest BCUT2D eigenvalue weighted by Crippen LogP contribution is -2.42. The largest absolute Gasteiger partial charge is 0.497 e. The molecule has 0 radical (unpaired) electrons. The number of thioether (sulfide) groups is 1. The summed E-state index contributed by atoms with van der Waals surface area (Å²) < 4.78 is 12.8. The number of hydrogen-bond donors (Lipinski definition) is 0. The van der Waals surface area contributed by atoms with Crippen molar-refractivity contribution in [2.45, 2.75) is 56.8 Å². The number of amides is 1. The van der Waals surface area contributed by atoms with Gasteiger partial charge in [0.1, 0.15) is 11.5 Å². The van der Waals surface area contributed by atoms with Crippen LogP contribution in [0, 0.1) is 0 Å². The maximum Gasteiger partial charge on any atom is 0.233 e. The Kier molecular flexibility index (Phi) is 7.52. The molecule has 1 aliphatic carbocycles. The first-order valence-corrected chi connectivity index (χ1v) is 12.2. The van der Waals surface area contributed by atoms with E-state index in [1.807, 2.05) is 45.9 Å². The zero-order valence-electron chi connectivity index (χ0n) is 18.7. The molecule has 0 saturated heterocycles. The quantitative estimate of drug-likeness (QED) is 0.430. The van der Waals surface area contributed by atoms with Crippen molar-refractivity contribution in [2.75, 3.05) is 19.4 Å². The summed E-state index contributed by atoms with van der Waals surface area (Å²) in [6, 6.07) is 11.9. The number of aromatic nitrogens is 3. The topological polar surface area (TPSA) is 73.4 Å². The highest BCUT2D eigenvalue weighted by Crippen LogP contribution is 2.28. The zero-order valence-corrected chi connectivity index (χ0v) is 19.5. The molecular weight excluding hydrogens is 424 g/mol. The van der Waals surface area contributed by atoms with Crippen molar-refractivity contribution in [1.29, 1.82) is 0 Å². The van der Waals surface area contributed by atoms with E-state index in [1.54, 1.807) is 13.4 Å². The molecule has 32 heavy (non-hydrogen) atoms. The number of hydrogen-bond acceptors (Lipinski definition) is 6. The van der Waals surface area contributed by atoms with Crippen molar-refractivity contribution in [3.8, 4) is 17.1 Å². The van der Waals surface area contributed by atoms with Crippen molar-refractivity contribution >= 4 is 17.7 Å². The van der Waals surface area contributed by atoms with Gasteiger partial charge in [-0.1, -0.05) is 31.0 Å². The van der Waals surface area contributed by atoms with Crippen molar-refractivity contribution < 1.29 is 13.9 Å². The van der Waals surface area contributed by atoms with Gasteiger partial charge in [0.25, 0.3) is 0 Å².